The van der Waals surface area contributed by atoms with Crippen LogP contribution >= 0.6 is 22.7 Å². The van der Waals surface area contributed by atoms with Crippen LogP contribution in [0.3, 0.4) is 0 Å². The summed E-state index contributed by atoms with van der Waals surface area (Å²) in [6.45, 7) is 12.1. The van der Waals surface area contributed by atoms with Gasteiger partial charge >= 0.3 is 0 Å². The van der Waals surface area contributed by atoms with Crippen LogP contribution in [0.1, 0.15) is 61.8 Å². The van der Waals surface area contributed by atoms with Crippen molar-refractivity contribution in [3.05, 3.63) is 198 Å². The van der Waals surface area contributed by atoms with Crippen molar-refractivity contribution >= 4 is 132 Å². The molecule has 0 spiro atoms. The van der Waals surface area contributed by atoms with Crippen molar-refractivity contribution in [1.29, 1.82) is 0 Å². The molecule has 2 unspecified atom stereocenters. The minimum Gasteiger partial charge on any atom is -0.334 e. The molecule has 15 rings (SSSR count). The molecule has 1 saturated carbocycles. The third-order valence-electron chi connectivity index (χ3n) is 17.3. The van der Waals surface area contributed by atoms with Crippen LogP contribution < -0.4 is 31.1 Å². The van der Waals surface area contributed by atoms with Gasteiger partial charge in [-0.3, -0.25) is 0 Å². The van der Waals surface area contributed by atoms with Gasteiger partial charge in [-0.1, -0.05) is 123 Å². The molecule has 6 heteroatoms. The molecular weight excluding hydrogens is 898 g/mol. The first-order chi connectivity index (χ1) is 34.7. The average molecular weight is 950 g/mol. The van der Waals surface area contributed by atoms with Crippen LogP contribution in [-0.4, -0.2) is 12.3 Å². The van der Waals surface area contributed by atoms with Gasteiger partial charge in [0.15, 0.2) is 0 Å². The summed E-state index contributed by atoms with van der Waals surface area (Å²) in [5.41, 5.74) is 22.1. The van der Waals surface area contributed by atoms with E-state index in [4.69, 9.17) is 0 Å². The van der Waals surface area contributed by atoms with E-state index in [-0.39, 0.29) is 17.7 Å². The maximum atomic E-state index is 2.80. The smallest absolute Gasteiger partial charge is 0.252 e. The zero-order chi connectivity index (χ0) is 47.5. The zero-order valence-electron chi connectivity index (χ0n) is 40.8. The van der Waals surface area contributed by atoms with Gasteiger partial charge in [-0.2, -0.15) is 0 Å². The van der Waals surface area contributed by atoms with E-state index in [1.807, 2.05) is 22.7 Å². The summed E-state index contributed by atoms with van der Waals surface area (Å²) in [4.78, 5) is 8.07. The highest BCUT2D eigenvalue weighted by Gasteiger charge is 2.58. The number of hydrogen-bond donors (Lipinski definition) is 0. The van der Waals surface area contributed by atoms with Crippen molar-refractivity contribution in [3.8, 4) is 11.1 Å². The summed E-state index contributed by atoms with van der Waals surface area (Å²) in [7, 11) is 0. The van der Waals surface area contributed by atoms with Crippen molar-refractivity contribution in [3.63, 3.8) is 0 Å². The van der Waals surface area contributed by atoms with E-state index >= 15 is 0 Å². The lowest BCUT2D eigenvalue weighted by Gasteiger charge is -2.51. The summed E-state index contributed by atoms with van der Waals surface area (Å²) < 4.78 is 5.28. The topological polar surface area (TPSA) is 9.72 Å². The average Bonchev–Trinajstić information content (AvgIpc) is 4.02. The maximum Gasteiger partial charge on any atom is 0.252 e. The van der Waals surface area contributed by atoms with Crippen LogP contribution in [0.2, 0.25) is 0 Å². The monoisotopic (exact) mass is 949 g/mol. The molecule has 9 aromatic carbocycles. The molecule has 0 bridgehead atoms. The molecule has 1 aliphatic carbocycles. The van der Waals surface area contributed by atoms with E-state index in [2.05, 4.69) is 225 Å². The zero-order valence-corrected chi connectivity index (χ0v) is 42.4. The lowest BCUT2D eigenvalue weighted by molar-refractivity contribution is 0.194. The normalized spacial score (nSPS) is 18.8. The van der Waals surface area contributed by atoms with E-state index in [0.29, 0.717) is 0 Å². The van der Waals surface area contributed by atoms with Crippen LogP contribution in [0.15, 0.2) is 176 Å². The predicted octanol–water partition coefficient (Wildman–Crippen LogP) is 16.8. The third-order valence-corrected chi connectivity index (χ3v) is 19.7. The fraction of sp³-hybridized carbons (Fsp3) is 0.169. The SMILES string of the molecule is Cc1cc2c3c(c1)N(c1cccc4c1sc1ccccc14)c1cc(N4c5cc(C)cc(C)c5C5(C)CCCCC45C)ccc1B3c1cc(-c3ccccc3)ccc1N2c1ccc2sc3ccccc3c2c1. The number of anilines is 8. The van der Waals surface area contributed by atoms with Gasteiger partial charge in [0, 0.05) is 80.9 Å². The van der Waals surface area contributed by atoms with E-state index in [1.54, 1.807) is 5.56 Å². The standard InChI is InChI=1S/C65H52BN3S2/c1-39-32-41(3)61-55(33-39)69(65(5)31-14-13-30-64(61,65)4)45-25-27-50-54(38-45)68(53-21-15-20-48-46-18-9-12-23-59(46)71-63(48)53)57-35-40(2)34-56-62(57)66(50)51-36-43(42-16-7-6-8-17-42)24-28-52(51)67(56)44-26-29-60-49(37-44)47-19-10-11-22-58(47)70-60/h6-12,15-29,32-38H,13-14,30-31H2,1-5H3. The first kappa shape index (κ1) is 41.6. The predicted molar refractivity (Wildman–Crippen MR) is 309 cm³/mol. The second-order valence-electron chi connectivity index (χ2n) is 21.4. The highest BCUT2D eigenvalue weighted by Crippen LogP contribution is 2.62. The Morgan fingerprint density at radius 3 is 1.96 bits per heavy atom. The number of rotatable bonds is 4. The molecule has 11 aromatic rings. The quantitative estimate of drug-likeness (QED) is 0.163. The molecule has 3 nitrogen and oxygen atoms in total. The van der Waals surface area contributed by atoms with Gasteiger partial charge < -0.3 is 14.7 Å². The molecule has 2 atom stereocenters. The Morgan fingerprint density at radius 2 is 1.13 bits per heavy atom. The second-order valence-corrected chi connectivity index (χ2v) is 23.5. The maximum absolute atomic E-state index is 2.80. The molecule has 2 aromatic heterocycles. The minimum atomic E-state index is -0.0789. The van der Waals surface area contributed by atoms with E-state index in [1.165, 1.54) is 149 Å². The third kappa shape index (κ3) is 5.72. The van der Waals surface area contributed by atoms with E-state index < -0.39 is 0 Å². The van der Waals surface area contributed by atoms with Crippen LogP contribution in [0.25, 0.3) is 51.5 Å². The molecule has 5 heterocycles. The van der Waals surface area contributed by atoms with Gasteiger partial charge in [-0.05, 0) is 163 Å². The van der Waals surface area contributed by atoms with Gasteiger partial charge in [0.1, 0.15) is 0 Å². The lowest BCUT2D eigenvalue weighted by atomic mass is 9.33. The fourth-order valence-electron chi connectivity index (χ4n) is 14.1. The number of aryl methyl sites for hydroxylation is 3. The Balaban J connectivity index is 1.04. The molecule has 342 valence electrons. The first-order valence-corrected chi connectivity index (χ1v) is 27.1. The van der Waals surface area contributed by atoms with Gasteiger partial charge in [0.05, 0.1) is 15.9 Å². The summed E-state index contributed by atoms with van der Waals surface area (Å²) in [6.07, 6.45) is 4.86. The van der Waals surface area contributed by atoms with Gasteiger partial charge in [0.25, 0.3) is 6.71 Å². The molecule has 4 aliphatic rings. The fourth-order valence-corrected chi connectivity index (χ4v) is 16.4. The van der Waals surface area contributed by atoms with Crippen molar-refractivity contribution < 1.29 is 0 Å². The van der Waals surface area contributed by atoms with Crippen molar-refractivity contribution in [1.82, 2.24) is 0 Å². The Labute approximate surface area is 424 Å². The Hall–Kier alpha value is -7.12. The molecule has 0 radical (unpaired) electrons. The highest BCUT2D eigenvalue weighted by molar-refractivity contribution is 7.26. The number of fused-ring (bicyclic) bond motifs is 13. The van der Waals surface area contributed by atoms with Crippen LogP contribution in [0, 0.1) is 20.8 Å². The van der Waals surface area contributed by atoms with E-state index in [9.17, 15) is 0 Å². The molecule has 3 aliphatic heterocycles. The number of thiophene rings is 2. The largest absolute Gasteiger partial charge is 0.334 e. The second kappa shape index (κ2) is 15.0. The van der Waals surface area contributed by atoms with Crippen LogP contribution in [0.4, 0.5) is 45.5 Å². The Bertz CT molecular complexity index is 4070. The molecule has 1 fully saturated rings. The van der Waals surface area contributed by atoms with Gasteiger partial charge in [-0.25, -0.2) is 0 Å². The highest BCUT2D eigenvalue weighted by atomic mass is 32.1. The summed E-state index contributed by atoms with van der Waals surface area (Å²) >= 11 is 3.81. The summed E-state index contributed by atoms with van der Waals surface area (Å²) in [5, 5.41) is 5.25. The number of benzene rings is 9. The lowest BCUT2D eigenvalue weighted by Crippen LogP contribution is -2.61. The number of hydrogen-bond acceptors (Lipinski definition) is 5. The van der Waals surface area contributed by atoms with Crippen molar-refractivity contribution in [2.75, 3.05) is 14.7 Å². The summed E-state index contributed by atoms with van der Waals surface area (Å²) in [5.74, 6) is 0. The van der Waals surface area contributed by atoms with Crippen molar-refractivity contribution in [2.24, 2.45) is 0 Å². The molecular formula is C65H52BN3S2. The van der Waals surface area contributed by atoms with Crippen molar-refractivity contribution in [2.45, 2.75) is 71.3 Å². The Morgan fingerprint density at radius 1 is 0.451 bits per heavy atom. The molecule has 0 amide bonds. The van der Waals surface area contributed by atoms with Crippen LogP contribution in [-0.2, 0) is 5.41 Å². The van der Waals surface area contributed by atoms with Crippen LogP contribution in [0.5, 0.6) is 0 Å². The number of nitrogens with zero attached hydrogens (tertiary/aromatic N) is 3. The Kier molecular flexibility index (Phi) is 8.77. The molecule has 0 saturated heterocycles. The van der Waals surface area contributed by atoms with Gasteiger partial charge in [-0.15, -0.1) is 22.7 Å². The first-order valence-electron chi connectivity index (χ1n) is 25.5. The van der Waals surface area contributed by atoms with E-state index in [0.717, 1.165) is 6.42 Å². The minimum absolute atomic E-state index is 0.0194. The van der Waals surface area contributed by atoms with Gasteiger partial charge in [0.2, 0.25) is 0 Å². The molecule has 71 heavy (non-hydrogen) atoms. The summed E-state index contributed by atoms with van der Waals surface area (Å²) in [6, 6.07) is 67.8. The molecule has 0 N–H and O–H groups in total.